The lowest BCUT2D eigenvalue weighted by Crippen LogP contribution is -2.46. The van der Waals surface area contributed by atoms with Gasteiger partial charge >= 0.3 is 5.97 Å². The fourth-order valence-electron chi connectivity index (χ4n) is 1.94. The SMILES string of the molecule is CCCCC(CC)(Nc1ccccc1F)C(=O)O. The third-order valence-electron chi connectivity index (χ3n) is 3.22. The number of carboxylic acids is 1. The molecular weight excluding hydrogens is 233 g/mol. The average Bonchev–Trinajstić information content (AvgIpc) is 2.36. The molecule has 1 aromatic carbocycles. The first-order valence-corrected chi connectivity index (χ1v) is 6.32. The van der Waals surface area contributed by atoms with Crippen molar-refractivity contribution in [3.05, 3.63) is 30.1 Å². The van der Waals surface area contributed by atoms with Crippen LogP contribution in [0.25, 0.3) is 0 Å². The summed E-state index contributed by atoms with van der Waals surface area (Å²) in [4.78, 5) is 11.5. The topological polar surface area (TPSA) is 49.3 Å². The van der Waals surface area contributed by atoms with E-state index in [0.717, 1.165) is 12.8 Å². The van der Waals surface area contributed by atoms with Crippen LogP contribution in [-0.2, 0) is 4.79 Å². The molecule has 0 aliphatic rings. The van der Waals surface area contributed by atoms with Gasteiger partial charge in [-0.25, -0.2) is 9.18 Å². The number of carbonyl (C=O) groups is 1. The van der Waals surface area contributed by atoms with Crippen LogP contribution in [-0.4, -0.2) is 16.6 Å². The molecule has 0 fully saturated rings. The number of benzene rings is 1. The smallest absolute Gasteiger partial charge is 0.329 e. The van der Waals surface area contributed by atoms with Crippen molar-refractivity contribution in [2.75, 3.05) is 5.32 Å². The summed E-state index contributed by atoms with van der Waals surface area (Å²) < 4.78 is 13.6. The minimum absolute atomic E-state index is 0.248. The van der Waals surface area contributed by atoms with Gasteiger partial charge in [-0.15, -0.1) is 0 Å². The van der Waals surface area contributed by atoms with E-state index < -0.39 is 17.3 Å². The summed E-state index contributed by atoms with van der Waals surface area (Å²) in [7, 11) is 0. The molecule has 0 heterocycles. The van der Waals surface area contributed by atoms with Crippen LogP contribution in [0.1, 0.15) is 39.5 Å². The Bertz CT molecular complexity index is 409. The molecule has 100 valence electrons. The highest BCUT2D eigenvalue weighted by Crippen LogP contribution is 2.26. The molecule has 0 radical (unpaired) electrons. The Hall–Kier alpha value is -1.58. The van der Waals surface area contributed by atoms with Gasteiger partial charge in [0.1, 0.15) is 11.4 Å². The van der Waals surface area contributed by atoms with Crippen LogP contribution in [0.15, 0.2) is 24.3 Å². The molecule has 0 aliphatic heterocycles. The number of anilines is 1. The maximum absolute atomic E-state index is 13.6. The molecule has 1 aromatic rings. The molecule has 3 nitrogen and oxygen atoms in total. The molecule has 4 heteroatoms. The molecule has 0 spiro atoms. The van der Waals surface area contributed by atoms with Crippen LogP contribution in [0.2, 0.25) is 0 Å². The summed E-state index contributed by atoms with van der Waals surface area (Å²) in [5.74, 6) is -1.35. The van der Waals surface area contributed by atoms with E-state index in [2.05, 4.69) is 5.32 Å². The normalized spacial score (nSPS) is 13.9. The van der Waals surface area contributed by atoms with E-state index in [4.69, 9.17) is 0 Å². The van der Waals surface area contributed by atoms with Crippen molar-refractivity contribution in [2.24, 2.45) is 0 Å². The summed E-state index contributed by atoms with van der Waals surface area (Å²) in [5.41, 5.74) is -0.837. The van der Waals surface area contributed by atoms with Crippen LogP contribution in [0.3, 0.4) is 0 Å². The van der Waals surface area contributed by atoms with Crippen LogP contribution in [0.5, 0.6) is 0 Å². The van der Waals surface area contributed by atoms with Crippen molar-refractivity contribution >= 4 is 11.7 Å². The van der Waals surface area contributed by atoms with E-state index in [1.807, 2.05) is 6.92 Å². The predicted octanol–water partition coefficient (Wildman–Crippen LogP) is 3.66. The zero-order valence-corrected chi connectivity index (χ0v) is 10.9. The van der Waals surface area contributed by atoms with Gasteiger partial charge < -0.3 is 10.4 Å². The number of rotatable bonds is 7. The van der Waals surface area contributed by atoms with Gasteiger partial charge in [-0.1, -0.05) is 38.8 Å². The summed E-state index contributed by atoms with van der Waals surface area (Å²) in [6.07, 6.45) is 2.61. The number of unbranched alkanes of at least 4 members (excludes halogenated alkanes) is 1. The van der Waals surface area contributed by atoms with Crippen molar-refractivity contribution in [3.8, 4) is 0 Å². The first-order valence-electron chi connectivity index (χ1n) is 6.32. The van der Waals surface area contributed by atoms with Crippen LogP contribution in [0.4, 0.5) is 10.1 Å². The average molecular weight is 253 g/mol. The lowest BCUT2D eigenvalue weighted by atomic mass is 9.89. The third-order valence-corrected chi connectivity index (χ3v) is 3.22. The van der Waals surface area contributed by atoms with E-state index in [-0.39, 0.29) is 5.69 Å². The Morgan fingerprint density at radius 1 is 1.39 bits per heavy atom. The highest BCUT2D eigenvalue weighted by Gasteiger charge is 2.36. The van der Waals surface area contributed by atoms with Gasteiger partial charge in [0.2, 0.25) is 0 Å². The molecule has 0 saturated heterocycles. The Morgan fingerprint density at radius 2 is 2.06 bits per heavy atom. The molecule has 0 bridgehead atoms. The summed E-state index contributed by atoms with van der Waals surface area (Å²) in [6, 6.07) is 6.16. The molecule has 1 atom stereocenters. The first-order chi connectivity index (χ1) is 8.55. The Morgan fingerprint density at radius 3 is 2.56 bits per heavy atom. The van der Waals surface area contributed by atoms with E-state index >= 15 is 0 Å². The van der Waals surface area contributed by atoms with Crippen molar-refractivity contribution < 1.29 is 14.3 Å². The number of carboxylic acid groups (broad SMARTS) is 1. The first kappa shape index (κ1) is 14.5. The molecule has 1 rings (SSSR count). The summed E-state index contributed by atoms with van der Waals surface area (Å²) in [6.45, 7) is 3.81. The van der Waals surface area contributed by atoms with E-state index in [9.17, 15) is 14.3 Å². The zero-order valence-electron chi connectivity index (χ0n) is 10.9. The fourth-order valence-corrected chi connectivity index (χ4v) is 1.94. The zero-order chi connectivity index (χ0) is 13.6. The van der Waals surface area contributed by atoms with Gasteiger partial charge in [0.15, 0.2) is 0 Å². The van der Waals surface area contributed by atoms with Crippen molar-refractivity contribution in [3.63, 3.8) is 0 Å². The lowest BCUT2D eigenvalue weighted by Gasteiger charge is -2.30. The number of halogens is 1. The number of hydrogen-bond donors (Lipinski definition) is 2. The molecular formula is C14H20FNO2. The number of para-hydroxylation sites is 1. The van der Waals surface area contributed by atoms with Gasteiger partial charge in [0.25, 0.3) is 0 Å². The molecule has 0 saturated carbocycles. The largest absolute Gasteiger partial charge is 0.480 e. The van der Waals surface area contributed by atoms with Gasteiger partial charge in [0.05, 0.1) is 5.69 Å². The molecule has 18 heavy (non-hydrogen) atoms. The Balaban J connectivity index is 2.97. The van der Waals surface area contributed by atoms with Crippen LogP contribution >= 0.6 is 0 Å². The van der Waals surface area contributed by atoms with Crippen LogP contribution < -0.4 is 5.32 Å². The highest BCUT2D eigenvalue weighted by molar-refractivity contribution is 5.82. The van der Waals surface area contributed by atoms with Gasteiger partial charge in [0, 0.05) is 0 Å². The summed E-state index contributed by atoms with van der Waals surface area (Å²) >= 11 is 0. The molecule has 0 aliphatic carbocycles. The minimum Gasteiger partial charge on any atom is -0.480 e. The fraction of sp³-hybridized carbons (Fsp3) is 0.500. The second kappa shape index (κ2) is 6.38. The minimum atomic E-state index is -1.09. The van der Waals surface area contributed by atoms with Crippen LogP contribution in [0, 0.1) is 5.82 Å². The quantitative estimate of drug-likeness (QED) is 0.779. The second-order valence-electron chi connectivity index (χ2n) is 4.45. The predicted molar refractivity (Wildman–Crippen MR) is 70.2 cm³/mol. The van der Waals surface area contributed by atoms with Gasteiger partial charge in [-0.2, -0.15) is 0 Å². The van der Waals surface area contributed by atoms with Crippen molar-refractivity contribution in [2.45, 2.75) is 45.1 Å². The van der Waals surface area contributed by atoms with Gasteiger partial charge in [-0.3, -0.25) is 0 Å². The number of aliphatic carboxylic acids is 1. The molecule has 1 unspecified atom stereocenters. The third kappa shape index (κ3) is 3.22. The maximum Gasteiger partial charge on any atom is 0.329 e. The van der Waals surface area contributed by atoms with E-state index in [1.54, 1.807) is 25.1 Å². The molecule has 0 amide bonds. The lowest BCUT2D eigenvalue weighted by molar-refractivity contribution is -0.142. The monoisotopic (exact) mass is 253 g/mol. The number of hydrogen-bond acceptors (Lipinski definition) is 2. The summed E-state index contributed by atoms with van der Waals surface area (Å²) in [5, 5.41) is 12.3. The van der Waals surface area contributed by atoms with Gasteiger partial charge in [-0.05, 0) is 25.0 Å². The number of nitrogens with one attached hydrogen (secondary N) is 1. The second-order valence-corrected chi connectivity index (χ2v) is 4.45. The van der Waals surface area contributed by atoms with E-state index in [1.165, 1.54) is 6.07 Å². The molecule has 2 N–H and O–H groups in total. The highest BCUT2D eigenvalue weighted by atomic mass is 19.1. The van der Waals surface area contributed by atoms with Crippen molar-refractivity contribution in [1.29, 1.82) is 0 Å². The van der Waals surface area contributed by atoms with E-state index in [0.29, 0.717) is 12.8 Å². The maximum atomic E-state index is 13.6. The standard InChI is InChI=1S/C14H20FNO2/c1-3-5-10-14(4-2,13(17)18)16-12-9-7-6-8-11(12)15/h6-9,16H,3-5,10H2,1-2H3,(H,17,18). The molecule has 0 aromatic heterocycles. The Labute approximate surface area is 107 Å². The van der Waals surface area contributed by atoms with Crippen molar-refractivity contribution in [1.82, 2.24) is 0 Å². The Kier molecular flexibility index (Phi) is 5.13.